The molecule has 0 amide bonds. The van der Waals surface area contributed by atoms with Gasteiger partial charge in [-0.15, -0.1) is 0 Å². The largest absolute Gasteiger partial charge is 0.490 e. The summed E-state index contributed by atoms with van der Waals surface area (Å²) in [5.74, 6) is 2.47. The minimum Gasteiger partial charge on any atom is -0.490 e. The molecular weight excluding hydrogens is 250 g/mol. The van der Waals surface area contributed by atoms with E-state index < -0.39 is 0 Å². The maximum atomic E-state index is 5.68. The molecule has 3 heteroatoms. The van der Waals surface area contributed by atoms with Gasteiger partial charge in [-0.25, -0.2) is 0 Å². The Morgan fingerprint density at radius 1 is 1.05 bits per heavy atom. The van der Waals surface area contributed by atoms with Gasteiger partial charge in [-0.2, -0.15) is 0 Å². The minimum atomic E-state index is 0.604. The molecule has 1 N–H and O–H groups in total. The predicted molar refractivity (Wildman–Crippen MR) is 83.8 cm³/mol. The first-order chi connectivity index (χ1) is 9.78. The first-order valence-electron chi connectivity index (χ1n) is 7.94. The predicted octanol–water partition coefficient (Wildman–Crippen LogP) is 4.47. The molecule has 2 unspecified atom stereocenters. The van der Waals surface area contributed by atoms with Gasteiger partial charge in [-0.05, 0) is 44.7 Å². The second kappa shape index (κ2) is 7.41. The lowest BCUT2D eigenvalue weighted by Crippen LogP contribution is -2.23. The smallest absolute Gasteiger partial charge is 0.163 e. The molecule has 0 spiro atoms. The van der Waals surface area contributed by atoms with Crippen LogP contribution in [0.15, 0.2) is 18.2 Å². The Kier molecular flexibility index (Phi) is 5.57. The molecular formula is C17H27NO2. The average Bonchev–Trinajstić information content (AvgIpc) is 2.89. The second-order valence-corrected chi connectivity index (χ2v) is 5.38. The highest BCUT2D eigenvalue weighted by molar-refractivity contribution is 5.55. The van der Waals surface area contributed by atoms with E-state index in [-0.39, 0.29) is 0 Å². The molecule has 1 aliphatic carbocycles. The summed E-state index contributed by atoms with van der Waals surface area (Å²) < 4.78 is 11.3. The summed E-state index contributed by atoms with van der Waals surface area (Å²) in [7, 11) is 0. The standard InChI is InChI=1S/C17H27NO2/c1-4-13-8-7-9-15(13)18-14-10-11-16(19-5-2)17(12-14)20-6-3/h10-13,15,18H,4-9H2,1-3H3. The van der Waals surface area contributed by atoms with Crippen LogP contribution in [0.3, 0.4) is 0 Å². The van der Waals surface area contributed by atoms with E-state index in [0.29, 0.717) is 19.3 Å². The minimum absolute atomic E-state index is 0.604. The number of benzene rings is 1. The fourth-order valence-electron chi connectivity index (χ4n) is 3.07. The lowest BCUT2D eigenvalue weighted by molar-refractivity contribution is 0.288. The van der Waals surface area contributed by atoms with Crippen molar-refractivity contribution in [2.45, 2.75) is 52.5 Å². The van der Waals surface area contributed by atoms with Gasteiger partial charge in [-0.1, -0.05) is 19.8 Å². The van der Waals surface area contributed by atoms with E-state index in [1.54, 1.807) is 0 Å². The number of nitrogens with one attached hydrogen (secondary N) is 1. The molecule has 0 heterocycles. The van der Waals surface area contributed by atoms with Crippen LogP contribution in [0.4, 0.5) is 5.69 Å². The van der Waals surface area contributed by atoms with Crippen LogP contribution in [0.5, 0.6) is 11.5 Å². The third-order valence-electron chi connectivity index (χ3n) is 4.08. The highest BCUT2D eigenvalue weighted by Gasteiger charge is 2.25. The van der Waals surface area contributed by atoms with Crippen molar-refractivity contribution < 1.29 is 9.47 Å². The van der Waals surface area contributed by atoms with Crippen LogP contribution in [0.25, 0.3) is 0 Å². The van der Waals surface area contributed by atoms with E-state index in [1.165, 1.54) is 25.7 Å². The monoisotopic (exact) mass is 277 g/mol. The van der Waals surface area contributed by atoms with Gasteiger partial charge >= 0.3 is 0 Å². The molecule has 1 aromatic carbocycles. The maximum Gasteiger partial charge on any atom is 0.163 e. The molecule has 0 radical (unpaired) electrons. The summed E-state index contributed by atoms with van der Waals surface area (Å²) in [6, 6.07) is 6.78. The zero-order chi connectivity index (χ0) is 14.4. The van der Waals surface area contributed by atoms with Crippen LogP contribution in [-0.4, -0.2) is 19.3 Å². The van der Waals surface area contributed by atoms with Crippen LogP contribution >= 0.6 is 0 Å². The van der Waals surface area contributed by atoms with Gasteiger partial charge in [0.15, 0.2) is 11.5 Å². The summed E-state index contributed by atoms with van der Waals surface area (Å²) in [5.41, 5.74) is 1.14. The molecule has 2 rings (SSSR count). The van der Waals surface area contributed by atoms with Gasteiger partial charge in [0.05, 0.1) is 13.2 Å². The number of hydrogen-bond acceptors (Lipinski definition) is 3. The molecule has 0 bridgehead atoms. The Balaban J connectivity index is 2.09. The third-order valence-corrected chi connectivity index (χ3v) is 4.08. The van der Waals surface area contributed by atoms with E-state index in [1.807, 2.05) is 19.9 Å². The van der Waals surface area contributed by atoms with Crippen molar-refractivity contribution in [1.82, 2.24) is 0 Å². The van der Waals surface area contributed by atoms with E-state index >= 15 is 0 Å². The van der Waals surface area contributed by atoms with Crippen LogP contribution in [0, 0.1) is 5.92 Å². The molecule has 3 nitrogen and oxygen atoms in total. The Labute approximate surface area is 122 Å². The molecule has 1 aromatic rings. The molecule has 0 aromatic heterocycles. The van der Waals surface area contributed by atoms with Gasteiger partial charge in [0.25, 0.3) is 0 Å². The van der Waals surface area contributed by atoms with Crippen molar-refractivity contribution >= 4 is 5.69 Å². The van der Waals surface area contributed by atoms with Crippen molar-refractivity contribution in [3.05, 3.63) is 18.2 Å². The Morgan fingerprint density at radius 2 is 1.80 bits per heavy atom. The van der Waals surface area contributed by atoms with Crippen LogP contribution in [0.2, 0.25) is 0 Å². The molecule has 0 saturated heterocycles. The second-order valence-electron chi connectivity index (χ2n) is 5.38. The highest BCUT2D eigenvalue weighted by Crippen LogP contribution is 2.34. The summed E-state index contributed by atoms with van der Waals surface area (Å²) >= 11 is 0. The van der Waals surface area contributed by atoms with Gasteiger partial charge in [-0.3, -0.25) is 0 Å². The summed E-state index contributed by atoms with van der Waals surface area (Å²) in [6.45, 7) is 7.60. The van der Waals surface area contributed by atoms with E-state index in [0.717, 1.165) is 23.1 Å². The number of ether oxygens (including phenoxy) is 2. The number of hydrogen-bond donors (Lipinski definition) is 1. The first-order valence-corrected chi connectivity index (χ1v) is 7.94. The van der Waals surface area contributed by atoms with E-state index in [2.05, 4.69) is 24.4 Å². The van der Waals surface area contributed by atoms with Gasteiger partial charge in [0.2, 0.25) is 0 Å². The van der Waals surface area contributed by atoms with Crippen molar-refractivity contribution in [2.24, 2.45) is 5.92 Å². The quantitative estimate of drug-likeness (QED) is 0.797. The molecule has 0 aliphatic heterocycles. The van der Waals surface area contributed by atoms with Crippen molar-refractivity contribution in [2.75, 3.05) is 18.5 Å². The van der Waals surface area contributed by atoms with Crippen LogP contribution in [0.1, 0.15) is 46.5 Å². The van der Waals surface area contributed by atoms with Crippen molar-refractivity contribution in [3.63, 3.8) is 0 Å². The van der Waals surface area contributed by atoms with Crippen LogP contribution < -0.4 is 14.8 Å². The lowest BCUT2D eigenvalue weighted by atomic mass is 10.0. The number of rotatable bonds is 7. The zero-order valence-corrected chi connectivity index (χ0v) is 12.9. The van der Waals surface area contributed by atoms with E-state index in [4.69, 9.17) is 9.47 Å². The van der Waals surface area contributed by atoms with Gasteiger partial charge in [0, 0.05) is 17.8 Å². The summed E-state index contributed by atoms with van der Waals surface area (Å²) in [4.78, 5) is 0. The fraction of sp³-hybridized carbons (Fsp3) is 0.647. The summed E-state index contributed by atoms with van der Waals surface area (Å²) in [6.07, 6.45) is 5.22. The maximum absolute atomic E-state index is 5.68. The third kappa shape index (κ3) is 3.59. The lowest BCUT2D eigenvalue weighted by Gasteiger charge is -2.21. The molecule has 1 saturated carbocycles. The molecule has 112 valence electrons. The Morgan fingerprint density at radius 3 is 2.50 bits per heavy atom. The topological polar surface area (TPSA) is 30.5 Å². The van der Waals surface area contributed by atoms with Crippen molar-refractivity contribution in [1.29, 1.82) is 0 Å². The highest BCUT2D eigenvalue weighted by atomic mass is 16.5. The molecule has 2 atom stereocenters. The van der Waals surface area contributed by atoms with Crippen molar-refractivity contribution in [3.8, 4) is 11.5 Å². The molecule has 1 fully saturated rings. The molecule has 1 aliphatic rings. The summed E-state index contributed by atoms with van der Waals surface area (Å²) in [5, 5.41) is 3.67. The normalized spacial score (nSPS) is 21.8. The average molecular weight is 277 g/mol. The Bertz CT molecular complexity index is 419. The van der Waals surface area contributed by atoms with Crippen LogP contribution in [-0.2, 0) is 0 Å². The van der Waals surface area contributed by atoms with E-state index in [9.17, 15) is 0 Å². The first kappa shape index (κ1) is 15.0. The molecule has 20 heavy (non-hydrogen) atoms. The van der Waals surface area contributed by atoms with Gasteiger partial charge in [0.1, 0.15) is 0 Å². The number of anilines is 1. The fourth-order valence-corrected chi connectivity index (χ4v) is 3.07. The van der Waals surface area contributed by atoms with Gasteiger partial charge < -0.3 is 14.8 Å². The zero-order valence-electron chi connectivity index (χ0n) is 12.9. The Hall–Kier alpha value is -1.38. The SMILES string of the molecule is CCOc1ccc(NC2CCCC2CC)cc1OCC.